The highest BCUT2D eigenvalue weighted by atomic mass is 35.5. The van der Waals surface area contributed by atoms with E-state index >= 15 is 0 Å². The number of methoxy groups -OCH3 is 2. The number of carbonyl (C=O) groups excluding carboxylic acids is 3. The fourth-order valence-corrected chi connectivity index (χ4v) is 4.17. The molecule has 2 aliphatic heterocycles. The molecule has 8 nitrogen and oxygen atoms in total. The van der Waals surface area contributed by atoms with Crippen LogP contribution >= 0.6 is 11.6 Å². The van der Waals surface area contributed by atoms with Crippen LogP contribution in [0, 0.1) is 0 Å². The van der Waals surface area contributed by atoms with Crippen LogP contribution in [0.15, 0.2) is 53.2 Å². The van der Waals surface area contributed by atoms with Crippen molar-refractivity contribution in [3.8, 4) is 11.5 Å². The number of piperidine rings is 1. The smallest absolute Gasteiger partial charge is 0.283 e. The zero-order valence-corrected chi connectivity index (χ0v) is 19.1. The second-order valence-electron chi connectivity index (χ2n) is 7.73. The maximum absolute atomic E-state index is 13.2. The van der Waals surface area contributed by atoms with Gasteiger partial charge in [0, 0.05) is 30.4 Å². The zero-order chi connectivity index (χ0) is 23.5. The first-order valence-corrected chi connectivity index (χ1v) is 11.0. The first-order valence-electron chi connectivity index (χ1n) is 10.6. The number of nitrogens with zero attached hydrogens (tertiary/aromatic N) is 2. The van der Waals surface area contributed by atoms with Gasteiger partial charge >= 0.3 is 0 Å². The van der Waals surface area contributed by atoms with Gasteiger partial charge in [-0.25, -0.2) is 4.90 Å². The third kappa shape index (κ3) is 4.39. The molecular formula is C24H24ClN3O5. The number of likely N-dealkylation sites (tertiary alicyclic amines) is 1. The Morgan fingerprint density at radius 3 is 2.42 bits per heavy atom. The Morgan fingerprint density at radius 1 is 0.970 bits per heavy atom. The summed E-state index contributed by atoms with van der Waals surface area (Å²) in [5.74, 6) is -0.551. The number of amides is 3. The molecule has 2 aromatic rings. The van der Waals surface area contributed by atoms with E-state index in [-0.39, 0.29) is 28.1 Å². The maximum atomic E-state index is 13.2. The molecule has 3 amide bonds. The van der Waals surface area contributed by atoms with E-state index in [1.807, 2.05) is 4.90 Å². The first-order chi connectivity index (χ1) is 15.9. The van der Waals surface area contributed by atoms with Crippen molar-refractivity contribution in [2.24, 2.45) is 0 Å². The quantitative estimate of drug-likeness (QED) is 0.648. The lowest BCUT2D eigenvalue weighted by atomic mass is 10.1. The van der Waals surface area contributed by atoms with E-state index in [0.717, 1.165) is 37.3 Å². The van der Waals surface area contributed by atoms with E-state index in [1.165, 1.54) is 14.2 Å². The van der Waals surface area contributed by atoms with Crippen molar-refractivity contribution in [2.75, 3.05) is 37.5 Å². The second-order valence-corrected chi connectivity index (χ2v) is 8.11. The number of benzene rings is 2. The van der Waals surface area contributed by atoms with Crippen LogP contribution in [0.3, 0.4) is 0 Å². The molecule has 0 aliphatic carbocycles. The highest BCUT2D eigenvalue weighted by molar-refractivity contribution is 6.53. The van der Waals surface area contributed by atoms with Crippen molar-refractivity contribution in [2.45, 2.75) is 19.3 Å². The summed E-state index contributed by atoms with van der Waals surface area (Å²) in [7, 11) is 2.94. The standard InChI is InChI=1S/C24H24ClN3O5/c1-32-17-9-10-18(19(14-17)33-2)28-23(30)20(25)21(24(28)31)26-16-8-6-7-15(13-16)22(29)27-11-4-3-5-12-27/h6-10,13-14,26H,3-5,11-12H2,1-2H3. The van der Waals surface area contributed by atoms with Crippen LogP contribution in [0.4, 0.5) is 11.4 Å². The number of nitrogens with one attached hydrogen (secondary N) is 1. The fourth-order valence-electron chi connectivity index (χ4n) is 3.95. The highest BCUT2D eigenvalue weighted by Gasteiger charge is 2.40. The normalized spacial score (nSPS) is 16.3. The van der Waals surface area contributed by atoms with Gasteiger partial charge < -0.3 is 19.7 Å². The molecule has 4 rings (SSSR count). The summed E-state index contributed by atoms with van der Waals surface area (Å²) in [5.41, 5.74) is 1.17. The predicted molar refractivity (Wildman–Crippen MR) is 125 cm³/mol. The summed E-state index contributed by atoms with van der Waals surface area (Å²) in [6.45, 7) is 1.47. The SMILES string of the molecule is COc1ccc(N2C(=O)C(Cl)=C(Nc3cccc(C(=O)N4CCCCC4)c3)C2=O)c(OC)c1. The molecule has 33 heavy (non-hydrogen) atoms. The molecule has 0 spiro atoms. The lowest BCUT2D eigenvalue weighted by Gasteiger charge is -2.26. The first kappa shape index (κ1) is 22.7. The van der Waals surface area contributed by atoms with Gasteiger partial charge in [-0.05, 0) is 49.6 Å². The molecule has 2 heterocycles. The van der Waals surface area contributed by atoms with Crippen molar-refractivity contribution in [3.63, 3.8) is 0 Å². The predicted octanol–water partition coefficient (Wildman–Crippen LogP) is 3.77. The summed E-state index contributed by atoms with van der Waals surface area (Å²) < 4.78 is 10.5. The number of imide groups is 1. The van der Waals surface area contributed by atoms with Gasteiger partial charge in [-0.2, -0.15) is 0 Å². The number of carbonyl (C=O) groups is 3. The molecular weight excluding hydrogens is 446 g/mol. The Labute approximate surface area is 196 Å². The van der Waals surface area contributed by atoms with Crippen molar-refractivity contribution >= 4 is 40.7 Å². The van der Waals surface area contributed by atoms with Gasteiger partial charge in [0.1, 0.15) is 22.2 Å². The van der Waals surface area contributed by atoms with E-state index in [2.05, 4.69) is 5.32 Å². The van der Waals surface area contributed by atoms with Gasteiger partial charge in [-0.3, -0.25) is 14.4 Å². The Morgan fingerprint density at radius 2 is 1.73 bits per heavy atom. The van der Waals surface area contributed by atoms with Crippen molar-refractivity contribution in [1.82, 2.24) is 4.90 Å². The maximum Gasteiger partial charge on any atom is 0.283 e. The summed E-state index contributed by atoms with van der Waals surface area (Å²) in [6, 6.07) is 11.6. The molecule has 2 aromatic carbocycles. The van der Waals surface area contributed by atoms with Gasteiger partial charge in [0.25, 0.3) is 17.7 Å². The largest absolute Gasteiger partial charge is 0.497 e. The minimum atomic E-state index is -0.673. The molecule has 0 saturated carbocycles. The van der Waals surface area contributed by atoms with Crippen LogP contribution in [0.5, 0.6) is 11.5 Å². The van der Waals surface area contributed by atoms with Crippen LogP contribution in [0.2, 0.25) is 0 Å². The molecule has 2 aliphatic rings. The molecule has 9 heteroatoms. The van der Waals surface area contributed by atoms with E-state index in [1.54, 1.807) is 42.5 Å². The van der Waals surface area contributed by atoms with Gasteiger partial charge in [-0.15, -0.1) is 0 Å². The molecule has 0 atom stereocenters. The number of halogens is 1. The van der Waals surface area contributed by atoms with E-state index in [4.69, 9.17) is 21.1 Å². The van der Waals surface area contributed by atoms with Crippen molar-refractivity contribution < 1.29 is 23.9 Å². The lowest BCUT2D eigenvalue weighted by Crippen LogP contribution is -2.35. The molecule has 0 bridgehead atoms. The number of hydrogen-bond acceptors (Lipinski definition) is 6. The molecule has 0 aromatic heterocycles. The number of hydrogen-bond donors (Lipinski definition) is 1. The summed E-state index contributed by atoms with van der Waals surface area (Å²) >= 11 is 6.26. The third-order valence-electron chi connectivity index (χ3n) is 5.68. The monoisotopic (exact) mass is 469 g/mol. The molecule has 0 unspecified atom stereocenters. The van der Waals surface area contributed by atoms with Gasteiger partial charge in [0.05, 0.1) is 19.9 Å². The Bertz CT molecular complexity index is 1140. The lowest BCUT2D eigenvalue weighted by molar-refractivity contribution is -0.120. The van der Waals surface area contributed by atoms with Crippen molar-refractivity contribution in [3.05, 3.63) is 58.8 Å². The molecule has 1 fully saturated rings. The Kier molecular flexibility index (Phi) is 6.55. The zero-order valence-electron chi connectivity index (χ0n) is 18.4. The number of ether oxygens (including phenoxy) is 2. The number of anilines is 2. The molecule has 172 valence electrons. The van der Waals surface area contributed by atoms with Crippen molar-refractivity contribution in [1.29, 1.82) is 0 Å². The minimum absolute atomic E-state index is 0.0585. The summed E-state index contributed by atoms with van der Waals surface area (Å²) in [6.07, 6.45) is 3.12. The third-order valence-corrected chi connectivity index (χ3v) is 6.03. The van der Waals surface area contributed by atoms with Crippen LogP contribution in [0.1, 0.15) is 29.6 Å². The fraction of sp³-hybridized carbons (Fsp3) is 0.292. The average molecular weight is 470 g/mol. The summed E-state index contributed by atoms with van der Waals surface area (Å²) in [5, 5.41) is 2.68. The van der Waals surface area contributed by atoms with Gasteiger partial charge in [0.15, 0.2) is 0 Å². The summed E-state index contributed by atoms with van der Waals surface area (Å²) in [4.78, 5) is 41.6. The second kappa shape index (κ2) is 9.54. The average Bonchev–Trinajstić information content (AvgIpc) is 3.06. The Balaban J connectivity index is 1.58. The minimum Gasteiger partial charge on any atom is -0.497 e. The topological polar surface area (TPSA) is 88.2 Å². The van der Waals surface area contributed by atoms with Gasteiger partial charge in [-0.1, -0.05) is 17.7 Å². The van der Waals surface area contributed by atoms with Crippen LogP contribution in [-0.2, 0) is 9.59 Å². The van der Waals surface area contributed by atoms with E-state index in [9.17, 15) is 14.4 Å². The molecule has 1 saturated heterocycles. The van der Waals surface area contributed by atoms with Crippen LogP contribution in [-0.4, -0.2) is 49.9 Å². The van der Waals surface area contributed by atoms with Crippen LogP contribution in [0.25, 0.3) is 0 Å². The molecule has 0 radical (unpaired) electrons. The molecule has 1 N–H and O–H groups in total. The van der Waals surface area contributed by atoms with E-state index < -0.39 is 11.8 Å². The number of rotatable bonds is 6. The van der Waals surface area contributed by atoms with Gasteiger partial charge in [0.2, 0.25) is 0 Å². The highest BCUT2D eigenvalue weighted by Crippen LogP contribution is 2.37. The Hall–Kier alpha value is -3.52. The van der Waals surface area contributed by atoms with Crippen LogP contribution < -0.4 is 19.7 Å². The van der Waals surface area contributed by atoms with E-state index in [0.29, 0.717) is 17.0 Å².